The number of aromatic carboxylic acids is 1. The molecule has 0 saturated heterocycles. The molecule has 5 rings (SSSR count). The van der Waals surface area contributed by atoms with Crippen LogP contribution in [0.4, 0.5) is 11.7 Å². The number of nitrogens with one attached hydrogen (secondary N) is 1. The summed E-state index contributed by atoms with van der Waals surface area (Å²) in [5, 5.41) is 38.4. The van der Waals surface area contributed by atoms with Crippen LogP contribution in [0.2, 0.25) is 0 Å². The van der Waals surface area contributed by atoms with Gasteiger partial charge in [-0.25, -0.2) is 14.2 Å². The topological polar surface area (TPSA) is 218 Å². The van der Waals surface area contributed by atoms with Gasteiger partial charge in [0, 0.05) is 17.0 Å². The third-order valence-electron chi connectivity index (χ3n) is 5.70. The molecule has 0 aliphatic heterocycles. The Bertz CT molecular complexity index is 1880. The Labute approximate surface area is 219 Å². The van der Waals surface area contributed by atoms with Crippen molar-refractivity contribution in [1.29, 1.82) is 0 Å². The van der Waals surface area contributed by atoms with Gasteiger partial charge in [0.1, 0.15) is 12.1 Å². The Morgan fingerprint density at radius 2 is 1.92 bits per heavy atom. The lowest BCUT2D eigenvalue weighted by Gasteiger charge is -2.16. The molecule has 0 unspecified atom stereocenters. The van der Waals surface area contributed by atoms with Gasteiger partial charge in [-0.2, -0.15) is 13.4 Å². The van der Waals surface area contributed by atoms with E-state index in [1.54, 1.807) is 6.07 Å². The number of hydrogen-bond donors (Lipinski definition) is 4. The van der Waals surface area contributed by atoms with Crippen LogP contribution >= 0.6 is 0 Å². The number of fused-ring (bicyclic) bond motifs is 2. The first-order chi connectivity index (χ1) is 18.3. The van der Waals surface area contributed by atoms with E-state index in [1.807, 2.05) is 20.8 Å². The van der Waals surface area contributed by atoms with Crippen molar-refractivity contribution in [3.05, 3.63) is 53.2 Å². The lowest BCUT2D eigenvalue weighted by atomic mass is 9.91. The largest absolute Gasteiger partial charge is 0.478 e. The zero-order valence-corrected chi connectivity index (χ0v) is 21.5. The van der Waals surface area contributed by atoms with Crippen LogP contribution in [0.1, 0.15) is 42.4 Å². The van der Waals surface area contributed by atoms with Gasteiger partial charge in [-0.3, -0.25) is 14.9 Å². The number of carboxylic acid groups (broad SMARTS) is 1. The number of oxazole rings is 1. The molecule has 0 bridgehead atoms. The van der Waals surface area contributed by atoms with Gasteiger partial charge in [0.05, 0.1) is 16.2 Å². The van der Waals surface area contributed by atoms with Crippen LogP contribution in [-0.4, -0.2) is 54.1 Å². The van der Waals surface area contributed by atoms with Crippen LogP contribution in [0, 0.1) is 0 Å². The number of aromatic nitrogens is 5. The van der Waals surface area contributed by atoms with E-state index in [0.717, 1.165) is 6.07 Å². The molecule has 3 heterocycles. The second-order valence-electron chi connectivity index (χ2n) is 9.57. The fraction of sp³-hybridized carbons (Fsp3) is 0.217. The highest BCUT2D eigenvalue weighted by molar-refractivity contribution is 7.85. The predicted molar refractivity (Wildman–Crippen MR) is 134 cm³/mol. The maximum absolute atomic E-state index is 11.6. The Balaban J connectivity index is 1.61. The molecular formula is C23H21N7O8S. The smallest absolute Gasteiger partial charge is 0.341 e. The molecule has 4 N–H and O–H groups in total. The molecule has 2 aromatic carbocycles. The molecule has 0 fully saturated rings. The third kappa shape index (κ3) is 5.00. The molecule has 0 radical (unpaired) electrons. The summed E-state index contributed by atoms with van der Waals surface area (Å²) in [7, 11) is -4.43. The lowest BCUT2D eigenvalue weighted by Crippen LogP contribution is -2.12. The number of benzene rings is 2. The Kier molecular flexibility index (Phi) is 6.26. The number of carboxylic acids is 1. The number of aromatic amines is 1. The standard InChI is InChI=1S/C23H21N7O8S/c1-23(2,3)18-17(25-28-22-24-15-5-4-14(39(34,35)36)9-16(15)38-22)20-27-26-19(30(20)29-18)12-6-11(10-37-33)7-13(8-12)21(31)32/h4-9,29,33H,10H2,1-3H3,(H,31,32)(H,34,35,36). The van der Waals surface area contributed by atoms with Gasteiger partial charge in [0.2, 0.25) is 5.65 Å². The second-order valence-corrected chi connectivity index (χ2v) is 11.0. The minimum atomic E-state index is -4.43. The Hall–Kier alpha value is -4.51. The predicted octanol–water partition coefficient (Wildman–Crippen LogP) is 4.51. The van der Waals surface area contributed by atoms with Crippen molar-refractivity contribution in [3.63, 3.8) is 0 Å². The normalized spacial score (nSPS) is 12.7. The summed E-state index contributed by atoms with van der Waals surface area (Å²) in [6.07, 6.45) is 0. The van der Waals surface area contributed by atoms with E-state index < -0.39 is 21.5 Å². The molecule has 0 aliphatic carbocycles. The van der Waals surface area contributed by atoms with Crippen LogP contribution in [-0.2, 0) is 27.0 Å². The molecular weight excluding hydrogens is 534 g/mol. The summed E-state index contributed by atoms with van der Waals surface area (Å²) in [4.78, 5) is 19.6. The fourth-order valence-corrected chi connectivity index (χ4v) is 4.41. The first-order valence-electron chi connectivity index (χ1n) is 11.3. The van der Waals surface area contributed by atoms with Crippen molar-refractivity contribution in [3.8, 4) is 11.4 Å². The average molecular weight is 556 g/mol. The molecule has 15 nitrogen and oxygen atoms in total. The molecule has 0 atom stereocenters. The molecule has 5 aromatic rings. The zero-order valence-electron chi connectivity index (χ0n) is 20.6. The molecule has 39 heavy (non-hydrogen) atoms. The Morgan fingerprint density at radius 3 is 2.59 bits per heavy atom. The van der Waals surface area contributed by atoms with Gasteiger partial charge in [-0.05, 0) is 35.9 Å². The van der Waals surface area contributed by atoms with Gasteiger partial charge in [-0.1, -0.05) is 25.9 Å². The second kappa shape index (κ2) is 9.35. The van der Waals surface area contributed by atoms with Crippen molar-refractivity contribution in [1.82, 2.24) is 24.8 Å². The van der Waals surface area contributed by atoms with E-state index in [9.17, 15) is 22.9 Å². The van der Waals surface area contributed by atoms with Crippen molar-refractivity contribution in [2.24, 2.45) is 10.2 Å². The molecule has 0 spiro atoms. The summed E-state index contributed by atoms with van der Waals surface area (Å²) in [6.45, 7) is 5.57. The Morgan fingerprint density at radius 1 is 1.15 bits per heavy atom. The zero-order chi connectivity index (χ0) is 28.1. The van der Waals surface area contributed by atoms with Crippen LogP contribution < -0.4 is 0 Å². The summed E-state index contributed by atoms with van der Waals surface area (Å²) >= 11 is 0. The fourth-order valence-electron chi connectivity index (χ4n) is 3.92. The highest BCUT2D eigenvalue weighted by Gasteiger charge is 2.27. The summed E-state index contributed by atoms with van der Waals surface area (Å²) < 4.78 is 39.1. The van der Waals surface area contributed by atoms with Crippen molar-refractivity contribution in [2.45, 2.75) is 37.7 Å². The number of hydrogen-bond acceptors (Lipinski definition) is 11. The van der Waals surface area contributed by atoms with Crippen molar-refractivity contribution in [2.75, 3.05) is 0 Å². The summed E-state index contributed by atoms with van der Waals surface area (Å²) in [5.41, 5.74) is 1.89. The average Bonchev–Trinajstić information content (AvgIpc) is 3.54. The molecule has 202 valence electrons. The van der Waals surface area contributed by atoms with E-state index in [0.29, 0.717) is 28.0 Å². The van der Waals surface area contributed by atoms with Crippen LogP contribution in [0.5, 0.6) is 0 Å². The lowest BCUT2D eigenvalue weighted by molar-refractivity contribution is -0.253. The highest BCUT2D eigenvalue weighted by atomic mass is 32.2. The summed E-state index contributed by atoms with van der Waals surface area (Å²) in [5.74, 6) is -0.894. The van der Waals surface area contributed by atoms with Crippen LogP contribution in [0.15, 0.2) is 55.9 Å². The maximum Gasteiger partial charge on any atom is 0.341 e. The van der Waals surface area contributed by atoms with E-state index in [1.165, 1.54) is 28.8 Å². The van der Waals surface area contributed by atoms with Gasteiger partial charge in [0.25, 0.3) is 10.1 Å². The number of azo groups is 1. The minimum Gasteiger partial charge on any atom is -0.478 e. The maximum atomic E-state index is 11.6. The number of rotatable bonds is 7. The molecule has 0 amide bonds. The van der Waals surface area contributed by atoms with E-state index in [4.69, 9.17) is 9.67 Å². The van der Waals surface area contributed by atoms with Crippen LogP contribution in [0.3, 0.4) is 0 Å². The minimum absolute atomic E-state index is 0.0353. The van der Waals surface area contributed by atoms with Gasteiger partial charge < -0.3 is 9.52 Å². The number of nitrogens with zero attached hydrogens (tertiary/aromatic N) is 6. The SMILES string of the molecule is CC(C)(C)c1[nH]n2c(-c3cc(COO)cc(C(=O)O)c3)nnc2c1N=Nc1nc2ccc(S(=O)(=O)O)cc2o1. The molecule has 16 heteroatoms. The van der Waals surface area contributed by atoms with Crippen LogP contribution in [0.25, 0.3) is 28.1 Å². The van der Waals surface area contributed by atoms with Crippen molar-refractivity contribution < 1.29 is 37.4 Å². The molecule has 0 aliphatic rings. The van der Waals surface area contributed by atoms with E-state index >= 15 is 0 Å². The van der Waals surface area contributed by atoms with E-state index in [-0.39, 0.29) is 40.1 Å². The monoisotopic (exact) mass is 555 g/mol. The van der Waals surface area contributed by atoms with Gasteiger partial charge >= 0.3 is 12.0 Å². The number of carbonyl (C=O) groups is 1. The third-order valence-corrected chi connectivity index (χ3v) is 6.55. The van der Waals surface area contributed by atoms with Gasteiger partial charge in [-0.15, -0.1) is 15.3 Å². The highest BCUT2D eigenvalue weighted by Crippen LogP contribution is 2.37. The summed E-state index contributed by atoms with van der Waals surface area (Å²) in [6, 6.07) is 7.90. The van der Waals surface area contributed by atoms with Gasteiger partial charge in [0.15, 0.2) is 17.1 Å². The molecule has 3 aromatic heterocycles. The van der Waals surface area contributed by atoms with E-state index in [2.05, 4.69) is 35.4 Å². The molecule has 0 saturated carbocycles. The van der Waals surface area contributed by atoms with Crippen molar-refractivity contribution >= 4 is 44.5 Å². The first-order valence-corrected chi connectivity index (χ1v) is 12.7. The number of H-pyrrole nitrogens is 1. The quantitative estimate of drug-likeness (QED) is 0.0947. The first kappa shape index (κ1) is 26.1.